The van der Waals surface area contributed by atoms with Gasteiger partial charge in [-0.3, -0.25) is 10.1 Å². The summed E-state index contributed by atoms with van der Waals surface area (Å²) in [4.78, 5) is 21.1. The fourth-order valence-electron chi connectivity index (χ4n) is 1.26. The number of nitro benzene ring substituents is 1. The molecule has 0 heterocycles. The van der Waals surface area contributed by atoms with Crippen molar-refractivity contribution in [3.63, 3.8) is 0 Å². The highest BCUT2D eigenvalue weighted by atomic mass is 19.1. The van der Waals surface area contributed by atoms with Gasteiger partial charge >= 0.3 is 11.7 Å². The van der Waals surface area contributed by atoms with Crippen molar-refractivity contribution >= 4 is 11.7 Å². The van der Waals surface area contributed by atoms with Gasteiger partial charge in [0, 0.05) is 17.7 Å². The molecule has 6 nitrogen and oxygen atoms in total. The van der Waals surface area contributed by atoms with Gasteiger partial charge in [0.2, 0.25) is 0 Å². The van der Waals surface area contributed by atoms with Gasteiger partial charge in [-0.05, 0) is 19.1 Å². The maximum absolute atomic E-state index is 13.0. The Balaban J connectivity index is 2.80. The second-order valence-electron chi connectivity index (χ2n) is 3.56. The quantitative estimate of drug-likeness (QED) is 0.354. The van der Waals surface area contributed by atoms with E-state index in [0.29, 0.717) is 5.57 Å². The summed E-state index contributed by atoms with van der Waals surface area (Å²) in [6.07, 6.45) is 1.39. The van der Waals surface area contributed by atoms with E-state index in [2.05, 4.69) is 4.74 Å². The van der Waals surface area contributed by atoms with Crippen molar-refractivity contribution in [2.24, 2.45) is 0 Å². The molecule has 1 aromatic carbocycles. The largest absolute Gasteiger partial charge is 0.482 e. The summed E-state index contributed by atoms with van der Waals surface area (Å²) in [6.45, 7) is 1.40. The molecule has 7 heteroatoms. The maximum Gasteiger partial charge on any atom is 0.333 e. The summed E-state index contributed by atoms with van der Waals surface area (Å²) in [5, 5.41) is 10.7. The molecular formula is C12H12FNO5. The standard InChI is InChI=1S/C12H12FNO5/c1-8(12(15)18-2)5-6-19-11-7-9(13)3-4-10(11)14(16)17/h3-5,7H,6H2,1-2H3. The van der Waals surface area contributed by atoms with Crippen LogP contribution in [0.15, 0.2) is 29.8 Å². The molecule has 102 valence electrons. The van der Waals surface area contributed by atoms with Gasteiger partial charge in [-0.15, -0.1) is 0 Å². The maximum atomic E-state index is 13.0. The molecule has 0 aliphatic rings. The van der Waals surface area contributed by atoms with Gasteiger partial charge in [-0.1, -0.05) is 0 Å². The molecule has 0 saturated heterocycles. The second-order valence-corrected chi connectivity index (χ2v) is 3.56. The molecule has 0 aromatic heterocycles. The van der Waals surface area contributed by atoms with E-state index in [-0.39, 0.29) is 18.0 Å². The van der Waals surface area contributed by atoms with E-state index >= 15 is 0 Å². The first-order valence-electron chi connectivity index (χ1n) is 5.27. The highest BCUT2D eigenvalue weighted by Gasteiger charge is 2.15. The minimum atomic E-state index is -0.675. The Morgan fingerprint density at radius 2 is 2.21 bits per heavy atom. The van der Waals surface area contributed by atoms with Crippen molar-refractivity contribution in [3.05, 3.63) is 45.8 Å². The molecule has 0 N–H and O–H groups in total. The van der Waals surface area contributed by atoms with Gasteiger partial charge in [0.15, 0.2) is 5.75 Å². The number of nitro groups is 1. The SMILES string of the molecule is COC(=O)C(C)=CCOc1cc(F)ccc1[N+](=O)[O-]. The summed E-state index contributed by atoms with van der Waals surface area (Å²) in [5.74, 6) is -1.37. The van der Waals surface area contributed by atoms with E-state index in [4.69, 9.17) is 4.74 Å². The zero-order valence-corrected chi connectivity index (χ0v) is 10.4. The first-order chi connectivity index (χ1) is 8.95. The van der Waals surface area contributed by atoms with E-state index in [0.717, 1.165) is 18.2 Å². The first kappa shape index (κ1) is 14.6. The van der Waals surface area contributed by atoms with Crippen molar-refractivity contribution < 1.29 is 23.6 Å². The van der Waals surface area contributed by atoms with Crippen LogP contribution in [-0.4, -0.2) is 24.6 Å². The molecule has 0 aliphatic carbocycles. The highest BCUT2D eigenvalue weighted by Crippen LogP contribution is 2.27. The van der Waals surface area contributed by atoms with E-state index in [1.165, 1.54) is 20.1 Å². The van der Waals surface area contributed by atoms with Crippen molar-refractivity contribution in [2.45, 2.75) is 6.92 Å². The molecule has 0 fully saturated rings. The van der Waals surface area contributed by atoms with Crippen molar-refractivity contribution in [2.75, 3.05) is 13.7 Å². The number of halogens is 1. The smallest absolute Gasteiger partial charge is 0.333 e. The number of esters is 1. The van der Waals surface area contributed by atoms with Gasteiger partial charge in [-0.2, -0.15) is 0 Å². The van der Waals surface area contributed by atoms with Crippen LogP contribution in [0, 0.1) is 15.9 Å². The lowest BCUT2D eigenvalue weighted by Gasteiger charge is -2.05. The first-order valence-corrected chi connectivity index (χ1v) is 5.27. The molecule has 1 aromatic rings. The number of nitrogens with zero attached hydrogens (tertiary/aromatic N) is 1. The fourth-order valence-corrected chi connectivity index (χ4v) is 1.26. The Morgan fingerprint density at radius 3 is 2.79 bits per heavy atom. The molecule has 0 spiro atoms. The Hall–Kier alpha value is -2.44. The molecule has 0 radical (unpaired) electrons. The monoisotopic (exact) mass is 269 g/mol. The van der Waals surface area contributed by atoms with E-state index < -0.39 is 16.7 Å². The molecule has 19 heavy (non-hydrogen) atoms. The third-order valence-electron chi connectivity index (χ3n) is 2.25. The minimum Gasteiger partial charge on any atom is -0.482 e. The number of carbonyl (C=O) groups is 1. The number of benzene rings is 1. The summed E-state index contributed by atoms with van der Waals surface area (Å²) < 4.78 is 22.5. The van der Waals surface area contributed by atoms with Gasteiger partial charge in [0.05, 0.1) is 12.0 Å². The van der Waals surface area contributed by atoms with Crippen LogP contribution in [-0.2, 0) is 9.53 Å². The van der Waals surface area contributed by atoms with Crippen LogP contribution in [0.1, 0.15) is 6.92 Å². The van der Waals surface area contributed by atoms with E-state index in [1.807, 2.05) is 0 Å². The number of hydrogen-bond donors (Lipinski definition) is 0. The van der Waals surface area contributed by atoms with Crippen LogP contribution < -0.4 is 4.74 Å². The van der Waals surface area contributed by atoms with E-state index in [9.17, 15) is 19.3 Å². The van der Waals surface area contributed by atoms with Crippen LogP contribution in [0.25, 0.3) is 0 Å². The van der Waals surface area contributed by atoms with E-state index in [1.54, 1.807) is 0 Å². The van der Waals surface area contributed by atoms with Crippen LogP contribution in [0.3, 0.4) is 0 Å². The Bertz CT molecular complexity index is 527. The van der Waals surface area contributed by atoms with Crippen molar-refractivity contribution in [1.29, 1.82) is 0 Å². The lowest BCUT2D eigenvalue weighted by molar-refractivity contribution is -0.385. The Labute approximate surface area is 108 Å². The summed E-state index contributed by atoms with van der Waals surface area (Å²) >= 11 is 0. The van der Waals surface area contributed by atoms with Crippen LogP contribution in [0.5, 0.6) is 5.75 Å². The molecular weight excluding hydrogens is 257 g/mol. The number of methoxy groups -OCH3 is 1. The minimum absolute atomic E-state index is 0.106. The molecule has 1 rings (SSSR count). The van der Waals surface area contributed by atoms with Crippen LogP contribution in [0.4, 0.5) is 10.1 Å². The average molecular weight is 269 g/mol. The van der Waals surface area contributed by atoms with Gasteiger partial charge in [0.25, 0.3) is 0 Å². The molecule has 0 saturated carbocycles. The Kier molecular flexibility index (Phi) is 4.99. The summed E-state index contributed by atoms with van der Waals surface area (Å²) in [5.41, 5.74) is -0.0490. The normalized spacial score (nSPS) is 11.0. The van der Waals surface area contributed by atoms with Crippen molar-refractivity contribution in [3.8, 4) is 5.75 Å². The van der Waals surface area contributed by atoms with Gasteiger partial charge in [0.1, 0.15) is 12.4 Å². The molecule has 0 amide bonds. The average Bonchev–Trinajstić information content (AvgIpc) is 2.37. The zero-order valence-electron chi connectivity index (χ0n) is 10.4. The lowest BCUT2D eigenvalue weighted by Crippen LogP contribution is -2.05. The van der Waals surface area contributed by atoms with Crippen LogP contribution >= 0.6 is 0 Å². The topological polar surface area (TPSA) is 78.7 Å². The summed E-state index contributed by atoms with van der Waals surface area (Å²) in [7, 11) is 1.23. The highest BCUT2D eigenvalue weighted by molar-refractivity contribution is 5.87. The number of rotatable bonds is 5. The number of ether oxygens (including phenoxy) is 2. The third kappa shape index (κ3) is 4.06. The van der Waals surface area contributed by atoms with Crippen molar-refractivity contribution in [1.82, 2.24) is 0 Å². The molecule has 0 unspecified atom stereocenters. The van der Waals surface area contributed by atoms with Gasteiger partial charge in [-0.25, -0.2) is 9.18 Å². The predicted molar refractivity (Wildman–Crippen MR) is 64.3 cm³/mol. The lowest BCUT2D eigenvalue weighted by atomic mass is 10.3. The molecule has 0 aliphatic heterocycles. The molecule has 0 bridgehead atoms. The number of hydrogen-bond acceptors (Lipinski definition) is 5. The fraction of sp³-hybridized carbons (Fsp3) is 0.250. The molecule has 0 atom stereocenters. The zero-order chi connectivity index (χ0) is 14.4. The predicted octanol–water partition coefficient (Wildman–Crippen LogP) is 2.23. The Morgan fingerprint density at radius 1 is 1.53 bits per heavy atom. The third-order valence-corrected chi connectivity index (χ3v) is 2.25. The number of carbonyl (C=O) groups excluding carboxylic acids is 1. The van der Waals surface area contributed by atoms with Crippen LogP contribution in [0.2, 0.25) is 0 Å². The summed E-state index contributed by atoms with van der Waals surface area (Å²) in [6, 6.07) is 2.90. The van der Waals surface area contributed by atoms with Gasteiger partial charge < -0.3 is 9.47 Å². The second kappa shape index (κ2) is 6.48.